The molecule has 31 heavy (non-hydrogen) atoms. The van der Waals surface area contributed by atoms with Gasteiger partial charge >= 0.3 is 0 Å². The first-order valence-electron chi connectivity index (χ1n) is 10.7. The van der Waals surface area contributed by atoms with Gasteiger partial charge in [-0.1, -0.05) is 13.8 Å². The molecule has 0 aliphatic heterocycles. The zero-order chi connectivity index (χ0) is 23.0. The zero-order valence-electron chi connectivity index (χ0n) is 18.3. The van der Waals surface area contributed by atoms with Crippen molar-refractivity contribution in [2.45, 2.75) is 64.6 Å². The Labute approximate surface area is 184 Å². The Kier molecular flexibility index (Phi) is 5.36. The van der Waals surface area contributed by atoms with Crippen LogP contribution in [0.3, 0.4) is 0 Å². The van der Waals surface area contributed by atoms with Crippen LogP contribution in [0, 0.1) is 28.6 Å². The Morgan fingerprint density at radius 1 is 0.871 bits per heavy atom. The summed E-state index contributed by atoms with van der Waals surface area (Å²) in [5, 5.41) is 0. The van der Waals surface area contributed by atoms with Gasteiger partial charge in [-0.3, -0.25) is 18.0 Å². The van der Waals surface area contributed by atoms with Gasteiger partial charge in [-0.25, -0.2) is 0 Å². The lowest BCUT2D eigenvalue weighted by molar-refractivity contribution is -0.145. The van der Waals surface area contributed by atoms with E-state index in [0.29, 0.717) is 44.1 Å². The van der Waals surface area contributed by atoms with E-state index in [9.17, 15) is 26.4 Å². The fourth-order valence-corrected chi connectivity index (χ4v) is 8.13. The van der Waals surface area contributed by atoms with Gasteiger partial charge in [-0.2, -0.15) is 16.8 Å². The minimum absolute atomic E-state index is 0.0398. The molecule has 0 N–H and O–H groups in total. The second-order valence-electron chi connectivity index (χ2n) is 10.2. The molecule has 0 amide bonds. The molecule has 4 aliphatic carbocycles. The number of ketones is 2. The minimum Gasteiger partial charge on any atom is -0.299 e. The number of carbonyl (C=O) groups excluding carboxylic acids is 2. The quantitative estimate of drug-likeness (QED) is 0.567. The Bertz CT molecular complexity index is 1060. The number of hydrogen-bond donors (Lipinski definition) is 0. The summed E-state index contributed by atoms with van der Waals surface area (Å²) in [4.78, 5) is 25.1. The maximum atomic E-state index is 12.8. The molecule has 10 heteroatoms. The lowest BCUT2D eigenvalue weighted by atomic mass is 9.46. The number of Topliss-reactive ketones (excluding diaryl/α,β-unsaturated/α-hetero) is 1. The van der Waals surface area contributed by atoms with Crippen molar-refractivity contribution >= 4 is 31.8 Å². The van der Waals surface area contributed by atoms with Crippen LogP contribution in [-0.2, 0) is 38.2 Å². The number of hydrogen-bond acceptors (Lipinski definition) is 8. The molecular formula is C21H30O8S2. The van der Waals surface area contributed by atoms with Gasteiger partial charge in [0.1, 0.15) is 18.0 Å². The smallest absolute Gasteiger partial charge is 0.265 e. The SMILES string of the molecule is C[C@]12CCC(=O)C=C1C(OS(C)(=O)=O)C(OS(C)(=O)=O)[C@@H]1[C@H]2CC[C@]2(C)C(=O)CC[C@@H]12. The highest BCUT2D eigenvalue weighted by Gasteiger charge is 2.65. The summed E-state index contributed by atoms with van der Waals surface area (Å²) < 4.78 is 59.8. The van der Waals surface area contributed by atoms with Crippen molar-refractivity contribution in [2.24, 2.45) is 28.6 Å². The molecule has 0 bridgehead atoms. The molecule has 0 radical (unpaired) electrons. The predicted octanol–water partition coefficient (Wildman–Crippen LogP) is 2.00. The molecule has 0 spiro atoms. The normalized spacial score (nSPS) is 43.1. The maximum Gasteiger partial charge on any atom is 0.265 e. The molecule has 0 aromatic rings. The zero-order valence-corrected chi connectivity index (χ0v) is 19.9. The van der Waals surface area contributed by atoms with Crippen LogP contribution in [0.5, 0.6) is 0 Å². The van der Waals surface area contributed by atoms with Crippen LogP contribution in [0.2, 0.25) is 0 Å². The first-order valence-corrected chi connectivity index (χ1v) is 14.3. The second kappa shape index (κ2) is 7.20. The predicted molar refractivity (Wildman–Crippen MR) is 112 cm³/mol. The Hall–Kier alpha value is -1.10. The summed E-state index contributed by atoms with van der Waals surface area (Å²) in [6.07, 6.45) is 4.21. The standard InChI is InChI=1S/C21H30O8S2/c1-20-9-7-12(22)11-15(20)18(28-30(3,24)25)19(29-31(4,26)27)17-13-5-6-16(23)21(13,2)10-8-14(17)20/h11,13-14,17-19H,5-10H2,1-4H3/t13-,14+,17-,18?,19?,20+,21-/m0/s1. The molecule has 0 heterocycles. The van der Waals surface area contributed by atoms with Crippen molar-refractivity contribution < 1.29 is 34.8 Å². The number of rotatable bonds is 4. The van der Waals surface area contributed by atoms with E-state index in [0.717, 1.165) is 12.5 Å². The van der Waals surface area contributed by atoms with E-state index in [-0.39, 0.29) is 29.3 Å². The van der Waals surface area contributed by atoms with Crippen molar-refractivity contribution in [1.82, 2.24) is 0 Å². The average molecular weight is 475 g/mol. The highest BCUT2D eigenvalue weighted by Crippen LogP contribution is 2.65. The molecule has 4 aliphatic rings. The van der Waals surface area contributed by atoms with E-state index in [1.54, 1.807) is 0 Å². The van der Waals surface area contributed by atoms with Gasteiger partial charge in [0.25, 0.3) is 20.2 Å². The second-order valence-corrected chi connectivity index (χ2v) is 13.4. The Morgan fingerprint density at radius 2 is 1.48 bits per heavy atom. The lowest BCUT2D eigenvalue weighted by Gasteiger charge is -2.60. The Morgan fingerprint density at radius 3 is 2.10 bits per heavy atom. The van der Waals surface area contributed by atoms with E-state index in [4.69, 9.17) is 8.37 Å². The summed E-state index contributed by atoms with van der Waals surface area (Å²) in [6, 6.07) is 0. The molecule has 8 nitrogen and oxygen atoms in total. The molecule has 3 saturated carbocycles. The van der Waals surface area contributed by atoms with Gasteiger partial charge in [-0.15, -0.1) is 0 Å². The van der Waals surface area contributed by atoms with Gasteiger partial charge in [0.15, 0.2) is 5.78 Å². The van der Waals surface area contributed by atoms with Crippen molar-refractivity contribution in [1.29, 1.82) is 0 Å². The van der Waals surface area contributed by atoms with Crippen LogP contribution in [0.25, 0.3) is 0 Å². The van der Waals surface area contributed by atoms with E-state index < -0.39 is 43.3 Å². The average Bonchev–Trinajstić information content (AvgIpc) is 2.92. The van der Waals surface area contributed by atoms with Crippen LogP contribution in [0.15, 0.2) is 11.6 Å². The summed E-state index contributed by atoms with van der Waals surface area (Å²) in [7, 11) is -7.95. The maximum absolute atomic E-state index is 12.8. The molecule has 0 saturated heterocycles. The largest absolute Gasteiger partial charge is 0.299 e. The summed E-state index contributed by atoms with van der Waals surface area (Å²) in [5.41, 5.74) is -0.618. The third kappa shape index (κ3) is 3.83. The molecule has 4 rings (SSSR count). The van der Waals surface area contributed by atoms with Crippen LogP contribution in [0.1, 0.15) is 52.4 Å². The number of carbonyl (C=O) groups is 2. The molecule has 174 valence electrons. The number of fused-ring (bicyclic) bond motifs is 5. The van der Waals surface area contributed by atoms with Gasteiger partial charge in [-0.05, 0) is 60.5 Å². The molecular weight excluding hydrogens is 444 g/mol. The van der Waals surface area contributed by atoms with E-state index in [1.165, 1.54) is 6.08 Å². The third-order valence-corrected chi connectivity index (χ3v) is 9.40. The molecule has 0 aromatic heterocycles. The summed E-state index contributed by atoms with van der Waals surface area (Å²) in [5.74, 6) is -0.515. The Balaban J connectivity index is 1.92. The molecule has 3 fully saturated rings. The van der Waals surface area contributed by atoms with Crippen molar-refractivity contribution in [3.05, 3.63) is 11.6 Å². The highest BCUT2D eigenvalue weighted by molar-refractivity contribution is 7.86. The molecule has 7 atom stereocenters. The van der Waals surface area contributed by atoms with Crippen molar-refractivity contribution in [3.8, 4) is 0 Å². The van der Waals surface area contributed by atoms with Crippen LogP contribution < -0.4 is 0 Å². The minimum atomic E-state index is -3.99. The highest BCUT2D eigenvalue weighted by atomic mass is 32.2. The summed E-state index contributed by atoms with van der Waals surface area (Å²) in [6.45, 7) is 3.95. The first-order chi connectivity index (χ1) is 14.2. The molecule has 0 aromatic carbocycles. The van der Waals surface area contributed by atoms with Crippen LogP contribution >= 0.6 is 0 Å². The fraction of sp³-hybridized carbons (Fsp3) is 0.810. The first kappa shape index (κ1) is 23.1. The van der Waals surface area contributed by atoms with Gasteiger partial charge in [0, 0.05) is 18.3 Å². The third-order valence-electron chi connectivity index (χ3n) is 8.28. The van der Waals surface area contributed by atoms with Crippen molar-refractivity contribution in [2.75, 3.05) is 12.5 Å². The summed E-state index contributed by atoms with van der Waals surface area (Å²) >= 11 is 0. The van der Waals surface area contributed by atoms with E-state index in [1.807, 2.05) is 13.8 Å². The topological polar surface area (TPSA) is 121 Å². The van der Waals surface area contributed by atoms with Gasteiger partial charge < -0.3 is 0 Å². The van der Waals surface area contributed by atoms with Gasteiger partial charge in [0.2, 0.25) is 0 Å². The van der Waals surface area contributed by atoms with E-state index in [2.05, 4.69) is 0 Å². The van der Waals surface area contributed by atoms with Gasteiger partial charge in [0.05, 0.1) is 12.5 Å². The van der Waals surface area contributed by atoms with Crippen LogP contribution in [-0.4, -0.2) is 53.1 Å². The lowest BCUT2D eigenvalue weighted by Crippen LogP contribution is -2.62. The fourth-order valence-electron chi connectivity index (χ4n) is 6.90. The van der Waals surface area contributed by atoms with Crippen molar-refractivity contribution in [3.63, 3.8) is 0 Å². The molecule has 2 unspecified atom stereocenters. The monoisotopic (exact) mass is 474 g/mol. The van der Waals surface area contributed by atoms with E-state index >= 15 is 0 Å². The van der Waals surface area contributed by atoms with Crippen LogP contribution in [0.4, 0.5) is 0 Å².